The molecule has 0 fully saturated rings. The van der Waals surface area contributed by atoms with Crippen LogP contribution in [0.4, 0.5) is 0 Å². The molecule has 0 amide bonds. The molecule has 0 spiro atoms. The minimum absolute atomic E-state index is 0. The van der Waals surface area contributed by atoms with Gasteiger partial charge in [-0.3, -0.25) is 0 Å². The van der Waals surface area contributed by atoms with Crippen LogP contribution in [0, 0.1) is 15.3 Å². The average molecular weight is 303 g/mol. The fraction of sp³-hybridized carbons (Fsp3) is 0. The molecule has 0 saturated heterocycles. The Balaban J connectivity index is -0.000000209. The van der Waals surface area contributed by atoms with Gasteiger partial charge in [-0.15, -0.1) is 0 Å². The van der Waals surface area contributed by atoms with Gasteiger partial charge >= 0.3 is 83.2 Å². The van der Waals surface area contributed by atoms with Crippen molar-refractivity contribution >= 4 is 0 Å². The molecule has 0 bridgehead atoms. The van der Waals surface area contributed by atoms with E-state index in [4.69, 9.17) is 23.6 Å². The number of hydrogen-bond acceptors (Lipinski definition) is 8. The summed E-state index contributed by atoms with van der Waals surface area (Å²) in [7, 11) is 0. The van der Waals surface area contributed by atoms with Crippen LogP contribution in [0.15, 0.2) is 0 Å². The minimum atomic E-state index is -5.76. The Kier molecular flexibility index (Phi) is 10.8. The van der Waals surface area contributed by atoms with Crippen molar-refractivity contribution in [1.29, 1.82) is 0 Å². The Labute approximate surface area is 103 Å². The van der Waals surface area contributed by atoms with Gasteiger partial charge in [0.05, 0.1) is 5.09 Å². The molecule has 0 atom stereocenters. The monoisotopic (exact) mass is 303 g/mol. The standard InChI is InChI=1S/2Cr.NO3.Na.2H2O.5O/c;;2-1(3)4;;;;;;;;/h;;;;2*1H2;;;;;/q2*+1;-1;+1;;;;;;;/p-2. The molecule has 0 rings (SSSR count). The van der Waals surface area contributed by atoms with E-state index in [1.807, 2.05) is 0 Å². The van der Waals surface area contributed by atoms with E-state index in [0.717, 1.165) is 0 Å². The summed E-state index contributed by atoms with van der Waals surface area (Å²) in [6.45, 7) is 0. The fourth-order valence-corrected chi connectivity index (χ4v) is 1.85. The van der Waals surface area contributed by atoms with Crippen LogP contribution in [-0.4, -0.2) is 13.4 Å². The Morgan fingerprint density at radius 1 is 1.00 bits per heavy atom. The summed E-state index contributed by atoms with van der Waals surface area (Å²) in [5, 5.41) is 14.8. The van der Waals surface area contributed by atoms with Crippen LogP contribution in [0.25, 0.3) is 0 Å². The molecule has 0 saturated carbocycles. The van der Waals surface area contributed by atoms with Crippen molar-refractivity contribution in [2.45, 2.75) is 0 Å². The molecule has 0 aromatic rings. The number of rotatable bonds is 2. The van der Waals surface area contributed by atoms with Crippen LogP contribution in [0.1, 0.15) is 0 Å². The summed E-state index contributed by atoms with van der Waals surface area (Å²) < 4.78 is 56.3. The Morgan fingerprint density at radius 2 is 1.14 bits per heavy atom. The molecule has 0 aliphatic rings. The van der Waals surface area contributed by atoms with Crippen molar-refractivity contribution in [3.8, 4) is 0 Å². The van der Waals surface area contributed by atoms with Gasteiger partial charge in [0.15, 0.2) is 0 Å². The van der Waals surface area contributed by atoms with E-state index >= 15 is 0 Å². The van der Waals surface area contributed by atoms with Gasteiger partial charge in [0.25, 0.3) is 0 Å². The fourth-order valence-electron chi connectivity index (χ4n) is 0.109. The molecule has 14 heteroatoms. The van der Waals surface area contributed by atoms with Crippen LogP contribution < -0.4 is 29.6 Å². The first kappa shape index (κ1) is 19.8. The van der Waals surface area contributed by atoms with Gasteiger partial charge in [-0.1, -0.05) is 0 Å². The second-order valence-electron chi connectivity index (χ2n) is 1.15. The third kappa shape index (κ3) is 39.5. The molecule has 0 aliphatic carbocycles. The van der Waals surface area contributed by atoms with Gasteiger partial charge in [-0.05, 0) is 0 Å². The summed E-state index contributed by atoms with van der Waals surface area (Å²) in [6.07, 6.45) is 0. The second kappa shape index (κ2) is 7.61. The molecular formula is H2Cr2NNaO10. The third-order valence-electron chi connectivity index (χ3n) is 0.172. The van der Waals surface area contributed by atoms with Crippen molar-refractivity contribution in [1.82, 2.24) is 0 Å². The summed E-state index contributed by atoms with van der Waals surface area (Å²) in [5.74, 6) is 0. The van der Waals surface area contributed by atoms with E-state index in [2.05, 4.69) is 2.84 Å². The van der Waals surface area contributed by atoms with E-state index in [0.29, 0.717) is 0 Å². The molecule has 0 aromatic heterocycles. The van der Waals surface area contributed by atoms with E-state index < -0.39 is 32.3 Å². The molecule has 14 heavy (non-hydrogen) atoms. The predicted octanol–water partition coefficient (Wildman–Crippen LogP) is -4.90. The van der Waals surface area contributed by atoms with Crippen molar-refractivity contribution in [3.05, 3.63) is 15.3 Å². The number of hydrogen-bond donors (Lipinski definition) is 2. The van der Waals surface area contributed by atoms with E-state index in [-0.39, 0.29) is 29.6 Å². The van der Waals surface area contributed by atoms with Crippen molar-refractivity contribution in [3.63, 3.8) is 0 Å². The summed E-state index contributed by atoms with van der Waals surface area (Å²) in [4.78, 5) is 8.25. The van der Waals surface area contributed by atoms with Crippen LogP contribution in [0.3, 0.4) is 0 Å². The quantitative estimate of drug-likeness (QED) is 0.284. The summed E-state index contributed by atoms with van der Waals surface area (Å²) >= 11 is -11.5. The zero-order valence-corrected chi connectivity index (χ0v) is 11.0. The SMILES string of the molecule is O=[N+]([O-])[O-].[Na+].[O]=[Cr](=[O])([OH])[O][Cr](=[O])(=[O])[OH]. The van der Waals surface area contributed by atoms with E-state index in [1.165, 1.54) is 0 Å². The summed E-state index contributed by atoms with van der Waals surface area (Å²) in [5.41, 5.74) is 0. The first-order valence-electron chi connectivity index (χ1n) is 1.91. The molecule has 11 nitrogen and oxygen atoms in total. The van der Waals surface area contributed by atoms with E-state index in [1.54, 1.807) is 0 Å². The van der Waals surface area contributed by atoms with Gasteiger partial charge in [0.2, 0.25) is 0 Å². The number of nitrogens with zero attached hydrogens (tertiary/aromatic N) is 1. The van der Waals surface area contributed by atoms with Gasteiger partial charge in [-0.25, -0.2) is 0 Å². The molecule has 80 valence electrons. The van der Waals surface area contributed by atoms with E-state index in [9.17, 15) is 15.2 Å². The Bertz CT molecular complexity index is 314. The zero-order valence-electron chi connectivity index (χ0n) is 6.42. The molecule has 0 aliphatic heterocycles. The molecule has 0 aromatic carbocycles. The van der Waals surface area contributed by atoms with Crippen LogP contribution in [0.5, 0.6) is 0 Å². The molecule has 0 unspecified atom stereocenters. The van der Waals surface area contributed by atoms with Crippen molar-refractivity contribution < 1.29 is 88.2 Å². The molecular weight excluding hydrogens is 301 g/mol. The molecule has 0 radical (unpaired) electrons. The predicted molar refractivity (Wildman–Crippen MR) is 18.6 cm³/mol. The molecule has 0 heterocycles. The maximum atomic E-state index is 9.53. The van der Waals surface area contributed by atoms with Crippen LogP contribution >= 0.6 is 0 Å². The van der Waals surface area contributed by atoms with Gasteiger partial charge in [-0.2, -0.15) is 0 Å². The topological polar surface area (TPSA) is 184 Å². The van der Waals surface area contributed by atoms with Crippen molar-refractivity contribution in [2.24, 2.45) is 0 Å². The van der Waals surface area contributed by atoms with Gasteiger partial charge < -0.3 is 15.3 Å². The molecule has 2 N–H and O–H groups in total. The van der Waals surface area contributed by atoms with Crippen LogP contribution in [0.2, 0.25) is 0 Å². The Hall–Kier alpha value is 0.345. The van der Waals surface area contributed by atoms with Gasteiger partial charge in [0, 0.05) is 0 Å². The third-order valence-corrected chi connectivity index (χ3v) is 2.92. The Morgan fingerprint density at radius 3 is 1.14 bits per heavy atom. The van der Waals surface area contributed by atoms with Gasteiger partial charge in [0.1, 0.15) is 0 Å². The second-order valence-corrected chi connectivity index (χ2v) is 4.91. The maximum absolute atomic E-state index is 9.53. The first-order chi connectivity index (χ1) is 5.44. The van der Waals surface area contributed by atoms with Crippen molar-refractivity contribution in [2.75, 3.05) is 0 Å². The average Bonchev–Trinajstić information content (AvgIpc) is 1.47. The first-order valence-corrected chi connectivity index (χ1v) is 6.18. The zero-order chi connectivity index (χ0) is 11.3. The summed E-state index contributed by atoms with van der Waals surface area (Å²) in [6, 6.07) is 0. The van der Waals surface area contributed by atoms with Crippen LogP contribution in [-0.2, 0) is 45.3 Å². The normalized spacial score (nSPS) is 10.4.